The van der Waals surface area contributed by atoms with E-state index < -0.39 is 7.40 Å². The Morgan fingerprint density at radius 1 is 1.40 bits per heavy atom. The number of hydrogen-bond donors (Lipinski definition) is 0. The van der Waals surface area contributed by atoms with Crippen LogP contribution in [-0.2, 0) is 0 Å². The quantitative estimate of drug-likeness (QED) is 0.291. The third kappa shape index (κ3) is 2530. The van der Waals surface area contributed by atoms with Crippen LogP contribution in [0.1, 0.15) is 0 Å². The standard InChI is InChI=1S/BFO2.Be/c2-1(3)4;/q-2;+2. The largest absolute Gasteiger partial charge is 2.00 e. The van der Waals surface area contributed by atoms with E-state index in [4.69, 9.17) is 10.0 Å². The van der Waals surface area contributed by atoms with Crippen LogP contribution in [0.25, 0.3) is 0 Å². The van der Waals surface area contributed by atoms with Crippen molar-refractivity contribution in [3.8, 4) is 0 Å². The molecule has 0 bridgehead atoms. The van der Waals surface area contributed by atoms with Gasteiger partial charge in [0.25, 0.3) is 0 Å². The maximum atomic E-state index is 9.89. The first-order chi connectivity index (χ1) is 1.73. The second-order valence-electron chi connectivity index (χ2n) is 0.274. The Morgan fingerprint density at radius 2 is 1.40 bits per heavy atom. The summed E-state index contributed by atoms with van der Waals surface area (Å²) >= 11 is 0. The molecule has 0 spiro atoms. The molecule has 0 saturated heterocycles. The first-order valence-electron chi connectivity index (χ1n) is 0.690. The summed E-state index contributed by atoms with van der Waals surface area (Å²) in [6, 6.07) is 0. The molecule has 0 aromatic carbocycles. The van der Waals surface area contributed by atoms with Crippen molar-refractivity contribution in [3.63, 3.8) is 0 Å². The molecule has 0 aromatic rings. The van der Waals surface area contributed by atoms with Crippen LogP contribution in [-0.4, -0.2) is 17.5 Å². The van der Waals surface area contributed by atoms with Gasteiger partial charge in [0.15, 0.2) is 0 Å². The van der Waals surface area contributed by atoms with E-state index in [0.29, 0.717) is 0 Å². The number of hydrogen-bond acceptors (Lipinski definition) is 2. The molecule has 0 saturated carbocycles. The van der Waals surface area contributed by atoms with Crippen LogP contribution in [0.5, 0.6) is 0 Å². The Balaban J connectivity index is 0. The van der Waals surface area contributed by atoms with Gasteiger partial charge in [-0.15, -0.1) is 0 Å². The van der Waals surface area contributed by atoms with E-state index >= 15 is 0 Å². The third-order valence-electron chi connectivity index (χ3n) is 0. The predicted octanol–water partition coefficient (Wildman–Crippen LogP) is -2.72. The maximum Gasteiger partial charge on any atom is 2.00 e. The van der Waals surface area contributed by atoms with E-state index in [-0.39, 0.29) is 10.1 Å². The van der Waals surface area contributed by atoms with Crippen molar-refractivity contribution in [1.82, 2.24) is 0 Å². The zero-order valence-electron chi connectivity index (χ0n) is 2.48. The van der Waals surface area contributed by atoms with Crippen LogP contribution in [0.3, 0.4) is 0 Å². The second kappa shape index (κ2) is 4.08. The molecule has 0 aliphatic rings. The smallest absolute Gasteiger partial charge is 0.867 e. The Labute approximate surface area is 33.0 Å². The zero-order chi connectivity index (χ0) is 3.58. The third-order valence-corrected chi connectivity index (χ3v) is 0. The fourth-order valence-corrected chi connectivity index (χ4v) is 0. The average Bonchev–Trinajstić information content (AvgIpc) is 0.811. The molecule has 0 aliphatic carbocycles. The maximum absolute atomic E-state index is 9.89. The zero-order valence-corrected chi connectivity index (χ0v) is 2.48. The molecule has 2 nitrogen and oxygen atoms in total. The summed E-state index contributed by atoms with van der Waals surface area (Å²) in [5.74, 6) is 0. The summed E-state index contributed by atoms with van der Waals surface area (Å²) in [5, 5.41) is 16.6. The van der Waals surface area contributed by atoms with Gasteiger partial charge in [-0.3, -0.25) is 0 Å². The van der Waals surface area contributed by atoms with E-state index in [1.807, 2.05) is 0 Å². The minimum Gasteiger partial charge on any atom is -0.867 e. The molecule has 0 heterocycles. The average molecular weight is 70.8 g/mol. The van der Waals surface area contributed by atoms with E-state index in [1.54, 1.807) is 0 Å². The van der Waals surface area contributed by atoms with Gasteiger partial charge in [-0.25, -0.2) is 0 Å². The molecule has 0 rings (SSSR count). The summed E-state index contributed by atoms with van der Waals surface area (Å²) in [4.78, 5) is 0. The molecule has 0 fully saturated rings. The monoisotopic (exact) mass is 71.0 g/mol. The van der Waals surface area contributed by atoms with Crippen molar-refractivity contribution in [3.05, 3.63) is 0 Å². The summed E-state index contributed by atoms with van der Waals surface area (Å²) in [7, 11) is -3.17. The molecule has 0 amide bonds. The van der Waals surface area contributed by atoms with Gasteiger partial charge in [-0.2, -0.15) is 0 Å². The van der Waals surface area contributed by atoms with Crippen molar-refractivity contribution in [1.29, 1.82) is 0 Å². The fraction of sp³-hybridized carbons (Fsp3) is 0. The summed E-state index contributed by atoms with van der Waals surface area (Å²) < 4.78 is 9.89. The van der Waals surface area contributed by atoms with Gasteiger partial charge in [-0.05, 0) is 0 Å². The van der Waals surface area contributed by atoms with Crippen LogP contribution in [0, 0.1) is 0 Å². The number of halogens is 1. The molecule has 5 heavy (non-hydrogen) atoms. The predicted molar refractivity (Wildman–Crippen MR) is 12.6 cm³/mol. The summed E-state index contributed by atoms with van der Waals surface area (Å²) in [5.41, 5.74) is 0. The van der Waals surface area contributed by atoms with Crippen LogP contribution < -0.4 is 10.0 Å². The van der Waals surface area contributed by atoms with Gasteiger partial charge in [0, 0.05) is 0 Å². The van der Waals surface area contributed by atoms with Crippen molar-refractivity contribution < 1.29 is 14.4 Å². The Kier molecular flexibility index (Phi) is 7.28. The second-order valence-corrected chi connectivity index (χ2v) is 0.274. The van der Waals surface area contributed by atoms with Gasteiger partial charge in [0.05, 0.1) is 0 Å². The van der Waals surface area contributed by atoms with Crippen molar-refractivity contribution in [2.75, 3.05) is 0 Å². The number of rotatable bonds is 0. The molecule has 24 valence electrons. The minimum atomic E-state index is -3.17. The van der Waals surface area contributed by atoms with Crippen molar-refractivity contribution in [2.45, 2.75) is 0 Å². The van der Waals surface area contributed by atoms with Gasteiger partial charge in [0.1, 0.15) is 7.40 Å². The van der Waals surface area contributed by atoms with E-state index in [1.165, 1.54) is 0 Å². The molecular weight excluding hydrogens is 70.8 g/mol. The summed E-state index contributed by atoms with van der Waals surface area (Å²) in [6.45, 7) is 0. The molecule has 0 radical (unpaired) electrons. The molecule has 0 aromatic heterocycles. The van der Waals surface area contributed by atoms with Gasteiger partial charge >= 0.3 is 10.1 Å². The topological polar surface area (TPSA) is 46.1 Å². The molecule has 0 atom stereocenters. The molecule has 5 heteroatoms. The van der Waals surface area contributed by atoms with Crippen LogP contribution in [0.15, 0.2) is 0 Å². The molecule has 0 N–H and O–H groups in total. The SMILES string of the molecule is [Be+2].[O-]B([O-])F. The van der Waals surface area contributed by atoms with Gasteiger partial charge < -0.3 is 14.4 Å². The van der Waals surface area contributed by atoms with Crippen LogP contribution in [0.2, 0.25) is 0 Å². The van der Waals surface area contributed by atoms with Gasteiger partial charge in [0.2, 0.25) is 0 Å². The Bertz CT molecular complexity index is 14.4. The normalized spacial score (nSPS) is 5.40. The summed E-state index contributed by atoms with van der Waals surface area (Å²) in [6.07, 6.45) is 0. The molecular formula is BBeFO2. The van der Waals surface area contributed by atoms with Crippen LogP contribution in [0.4, 0.5) is 4.32 Å². The fourth-order valence-electron chi connectivity index (χ4n) is 0. The van der Waals surface area contributed by atoms with E-state index in [9.17, 15) is 4.32 Å². The van der Waals surface area contributed by atoms with Crippen molar-refractivity contribution in [2.24, 2.45) is 0 Å². The minimum absolute atomic E-state index is 0. The van der Waals surface area contributed by atoms with E-state index in [2.05, 4.69) is 0 Å². The Hall–Kier alpha value is 0.0838. The first-order valence-corrected chi connectivity index (χ1v) is 0.690. The van der Waals surface area contributed by atoms with Crippen LogP contribution >= 0.6 is 0 Å². The van der Waals surface area contributed by atoms with E-state index in [0.717, 1.165) is 0 Å². The first kappa shape index (κ1) is 8.92. The molecule has 0 aliphatic heterocycles. The van der Waals surface area contributed by atoms with Gasteiger partial charge in [-0.1, -0.05) is 0 Å². The Morgan fingerprint density at radius 3 is 1.40 bits per heavy atom. The molecule has 0 unspecified atom stereocenters. The van der Waals surface area contributed by atoms with Crippen molar-refractivity contribution >= 4 is 17.5 Å².